The molecule has 0 aliphatic carbocycles. The number of anilines is 1. The van der Waals surface area contributed by atoms with E-state index in [-0.39, 0.29) is 12.4 Å². The van der Waals surface area contributed by atoms with Crippen LogP contribution in [0.1, 0.15) is 11.1 Å². The molecule has 2 nitrogen and oxygen atoms in total. The summed E-state index contributed by atoms with van der Waals surface area (Å²) in [6.45, 7) is 1.99. The number of hydrogen-bond donors (Lipinski definition) is 1. The van der Waals surface area contributed by atoms with Gasteiger partial charge in [-0.2, -0.15) is 0 Å². The van der Waals surface area contributed by atoms with Gasteiger partial charge in [-0.05, 0) is 36.8 Å². The number of benzene rings is 2. The predicted molar refractivity (Wildman–Crippen MR) is 71.3 cm³/mol. The van der Waals surface area contributed by atoms with E-state index in [4.69, 9.17) is 22.1 Å². The number of hydrogen-bond acceptors (Lipinski definition) is 2. The third kappa shape index (κ3) is 2.74. The summed E-state index contributed by atoms with van der Waals surface area (Å²) in [4.78, 5) is 0. The summed E-state index contributed by atoms with van der Waals surface area (Å²) in [5, 5.41) is 0.479. The van der Waals surface area contributed by atoms with Crippen LogP contribution in [0.4, 0.5) is 10.1 Å². The van der Waals surface area contributed by atoms with Gasteiger partial charge in [0.2, 0.25) is 0 Å². The van der Waals surface area contributed by atoms with Crippen molar-refractivity contribution < 1.29 is 9.13 Å². The molecule has 0 heterocycles. The molecule has 0 bridgehead atoms. The topological polar surface area (TPSA) is 35.2 Å². The van der Waals surface area contributed by atoms with Crippen molar-refractivity contribution in [2.24, 2.45) is 0 Å². The Balaban J connectivity index is 2.19. The Morgan fingerprint density at radius 1 is 1.28 bits per heavy atom. The minimum Gasteiger partial charge on any atom is -0.486 e. The second-order valence-electron chi connectivity index (χ2n) is 4.02. The molecule has 0 radical (unpaired) electrons. The third-order valence-electron chi connectivity index (χ3n) is 2.62. The Labute approximate surface area is 110 Å². The second-order valence-corrected chi connectivity index (χ2v) is 4.45. The van der Waals surface area contributed by atoms with Crippen molar-refractivity contribution in [2.75, 3.05) is 5.73 Å². The van der Waals surface area contributed by atoms with Crippen LogP contribution in [0.25, 0.3) is 0 Å². The maximum Gasteiger partial charge on any atom is 0.145 e. The van der Waals surface area contributed by atoms with Gasteiger partial charge in [-0.1, -0.05) is 23.7 Å². The van der Waals surface area contributed by atoms with E-state index in [0.717, 1.165) is 5.56 Å². The zero-order valence-corrected chi connectivity index (χ0v) is 10.7. The van der Waals surface area contributed by atoms with E-state index >= 15 is 0 Å². The highest BCUT2D eigenvalue weighted by Crippen LogP contribution is 2.27. The van der Waals surface area contributed by atoms with Crippen LogP contribution in [0.5, 0.6) is 5.75 Å². The van der Waals surface area contributed by atoms with E-state index in [1.54, 1.807) is 12.1 Å². The quantitative estimate of drug-likeness (QED) is 0.853. The molecule has 0 spiro atoms. The van der Waals surface area contributed by atoms with Gasteiger partial charge < -0.3 is 10.5 Å². The molecule has 2 aromatic carbocycles. The van der Waals surface area contributed by atoms with Crippen molar-refractivity contribution in [2.45, 2.75) is 13.5 Å². The summed E-state index contributed by atoms with van der Waals surface area (Å²) < 4.78 is 19.1. The predicted octanol–water partition coefficient (Wildman–Crippen LogP) is 3.95. The summed E-state index contributed by atoms with van der Waals surface area (Å²) >= 11 is 5.81. The molecule has 0 amide bonds. The first kappa shape index (κ1) is 12.7. The van der Waals surface area contributed by atoms with Gasteiger partial charge in [0, 0.05) is 10.6 Å². The fourth-order valence-corrected chi connectivity index (χ4v) is 1.87. The lowest BCUT2D eigenvalue weighted by molar-refractivity contribution is 0.299. The molecule has 4 heteroatoms. The Bertz CT molecular complexity index is 551. The summed E-state index contributed by atoms with van der Waals surface area (Å²) in [5.41, 5.74) is 7.67. The van der Waals surface area contributed by atoms with Gasteiger partial charge in [-0.3, -0.25) is 0 Å². The molecule has 0 aromatic heterocycles. The van der Waals surface area contributed by atoms with Gasteiger partial charge >= 0.3 is 0 Å². The maximum absolute atomic E-state index is 13.5. The lowest BCUT2D eigenvalue weighted by Crippen LogP contribution is -2.02. The highest BCUT2D eigenvalue weighted by Gasteiger charge is 2.07. The Morgan fingerprint density at radius 3 is 2.78 bits per heavy atom. The molecule has 2 aromatic rings. The van der Waals surface area contributed by atoms with Gasteiger partial charge in [0.05, 0.1) is 5.69 Å². The molecule has 0 saturated carbocycles. The molecule has 2 N–H and O–H groups in total. The van der Waals surface area contributed by atoms with Gasteiger partial charge in [0.15, 0.2) is 0 Å². The smallest absolute Gasteiger partial charge is 0.145 e. The first-order chi connectivity index (χ1) is 8.58. The van der Waals surface area contributed by atoms with Crippen molar-refractivity contribution >= 4 is 17.3 Å². The summed E-state index contributed by atoms with van der Waals surface area (Å²) in [6.07, 6.45) is 0. The SMILES string of the molecule is Cc1cccc(N)c1OCc1cc(Cl)ccc1F. The van der Waals surface area contributed by atoms with Crippen LogP contribution in [0.2, 0.25) is 5.02 Å². The van der Waals surface area contributed by atoms with Gasteiger partial charge in [-0.25, -0.2) is 4.39 Å². The normalized spacial score (nSPS) is 10.4. The summed E-state index contributed by atoms with van der Waals surface area (Å²) in [7, 11) is 0. The van der Waals surface area contributed by atoms with Crippen molar-refractivity contribution in [3.63, 3.8) is 0 Å². The van der Waals surface area contributed by atoms with Crippen molar-refractivity contribution in [1.29, 1.82) is 0 Å². The number of para-hydroxylation sites is 1. The molecule has 0 saturated heterocycles. The van der Waals surface area contributed by atoms with E-state index in [1.165, 1.54) is 12.1 Å². The highest BCUT2D eigenvalue weighted by atomic mass is 35.5. The molecule has 0 unspecified atom stereocenters. The first-order valence-corrected chi connectivity index (χ1v) is 5.87. The molecule has 0 aliphatic rings. The fourth-order valence-electron chi connectivity index (χ4n) is 1.68. The number of aryl methyl sites for hydroxylation is 1. The Morgan fingerprint density at radius 2 is 2.06 bits per heavy atom. The van der Waals surface area contributed by atoms with Crippen LogP contribution >= 0.6 is 11.6 Å². The highest BCUT2D eigenvalue weighted by molar-refractivity contribution is 6.30. The zero-order valence-electron chi connectivity index (χ0n) is 9.91. The lowest BCUT2D eigenvalue weighted by Gasteiger charge is -2.12. The molecule has 0 aliphatic heterocycles. The van der Waals surface area contributed by atoms with Gasteiger partial charge in [0.1, 0.15) is 18.2 Å². The molecule has 0 atom stereocenters. The minimum absolute atomic E-state index is 0.0987. The third-order valence-corrected chi connectivity index (χ3v) is 2.86. The van der Waals surface area contributed by atoms with E-state index in [0.29, 0.717) is 22.0 Å². The number of nitrogens with two attached hydrogens (primary N) is 1. The van der Waals surface area contributed by atoms with Crippen molar-refractivity contribution in [1.82, 2.24) is 0 Å². The van der Waals surface area contributed by atoms with E-state index in [9.17, 15) is 4.39 Å². The molecule has 2 rings (SSSR count). The van der Waals surface area contributed by atoms with Crippen LogP contribution < -0.4 is 10.5 Å². The average molecular weight is 266 g/mol. The average Bonchev–Trinajstić information content (AvgIpc) is 2.33. The Kier molecular flexibility index (Phi) is 3.72. The summed E-state index contributed by atoms with van der Waals surface area (Å²) in [6, 6.07) is 9.85. The number of rotatable bonds is 3. The monoisotopic (exact) mass is 265 g/mol. The van der Waals surface area contributed by atoms with Crippen molar-refractivity contribution in [3.8, 4) is 5.75 Å². The minimum atomic E-state index is -0.341. The summed E-state index contributed by atoms with van der Waals surface area (Å²) in [5.74, 6) is 0.239. The molecular formula is C14H13ClFNO. The molecule has 18 heavy (non-hydrogen) atoms. The van der Waals surface area contributed by atoms with Crippen LogP contribution in [0, 0.1) is 12.7 Å². The van der Waals surface area contributed by atoms with E-state index in [2.05, 4.69) is 0 Å². The standard InChI is InChI=1S/C14H13ClFNO/c1-9-3-2-4-13(17)14(9)18-8-10-7-11(15)5-6-12(10)16/h2-7H,8,17H2,1H3. The van der Waals surface area contributed by atoms with Gasteiger partial charge in [0.25, 0.3) is 0 Å². The maximum atomic E-state index is 13.5. The molecule has 0 fully saturated rings. The van der Waals surface area contributed by atoms with E-state index in [1.807, 2.05) is 19.1 Å². The lowest BCUT2D eigenvalue weighted by atomic mass is 10.2. The zero-order chi connectivity index (χ0) is 13.1. The van der Waals surface area contributed by atoms with Gasteiger partial charge in [-0.15, -0.1) is 0 Å². The first-order valence-electron chi connectivity index (χ1n) is 5.50. The second kappa shape index (κ2) is 5.27. The van der Waals surface area contributed by atoms with E-state index < -0.39 is 0 Å². The fraction of sp³-hybridized carbons (Fsp3) is 0.143. The van der Waals surface area contributed by atoms with Crippen molar-refractivity contribution in [3.05, 3.63) is 58.4 Å². The van der Waals surface area contributed by atoms with Crippen LogP contribution in [0.3, 0.4) is 0 Å². The molecule has 94 valence electrons. The van der Waals surface area contributed by atoms with Crippen LogP contribution in [0.15, 0.2) is 36.4 Å². The molecular weight excluding hydrogens is 253 g/mol. The van der Waals surface area contributed by atoms with Crippen LogP contribution in [-0.2, 0) is 6.61 Å². The number of ether oxygens (including phenoxy) is 1. The Hall–Kier alpha value is -1.74. The van der Waals surface area contributed by atoms with Crippen LogP contribution in [-0.4, -0.2) is 0 Å². The number of nitrogen functional groups attached to an aromatic ring is 1. The largest absolute Gasteiger partial charge is 0.486 e. The number of halogens is 2.